The summed E-state index contributed by atoms with van der Waals surface area (Å²) < 4.78 is 0. The van der Waals surface area contributed by atoms with Crippen LogP contribution in [-0.4, -0.2) is 5.78 Å². The SMILES string of the molecule is O=C(/C=C/[O-])c1cccc(Cl)c1Cl.[Na+]. The van der Waals surface area contributed by atoms with E-state index in [9.17, 15) is 9.90 Å². The minimum absolute atomic E-state index is 0. The van der Waals surface area contributed by atoms with Crippen molar-refractivity contribution >= 4 is 29.0 Å². The molecule has 0 saturated carbocycles. The molecule has 68 valence electrons. The summed E-state index contributed by atoms with van der Waals surface area (Å²) in [7, 11) is 0. The van der Waals surface area contributed by atoms with Gasteiger partial charge in [-0.2, -0.15) is 0 Å². The van der Waals surface area contributed by atoms with Crippen molar-refractivity contribution in [2.24, 2.45) is 0 Å². The van der Waals surface area contributed by atoms with E-state index in [1.165, 1.54) is 6.07 Å². The van der Waals surface area contributed by atoms with E-state index in [-0.39, 0.29) is 40.1 Å². The van der Waals surface area contributed by atoms with Crippen LogP contribution in [0.15, 0.2) is 30.5 Å². The number of carbonyl (C=O) groups is 1. The predicted molar refractivity (Wildman–Crippen MR) is 49.9 cm³/mol. The van der Waals surface area contributed by atoms with Gasteiger partial charge in [-0.1, -0.05) is 29.3 Å². The van der Waals surface area contributed by atoms with Gasteiger partial charge in [0, 0.05) is 5.56 Å². The largest absolute Gasteiger partial charge is 1.00 e. The number of rotatable bonds is 2. The van der Waals surface area contributed by atoms with Crippen LogP contribution in [0.5, 0.6) is 0 Å². The van der Waals surface area contributed by atoms with Gasteiger partial charge in [0.1, 0.15) is 0 Å². The quantitative estimate of drug-likeness (QED) is 0.289. The average Bonchev–Trinajstić information content (AvgIpc) is 2.10. The van der Waals surface area contributed by atoms with E-state index in [4.69, 9.17) is 23.2 Å². The molecule has 0 fully saturated rings. The molecule has 0 spiro atoms. The van der Waals surface area contributed by atoms with Crippen molar-refractivity contribution in [2.45, 2.75) is 0 Å². The molecule has 1 rings (SSSR count). The van der Waals surface area contributed by atoms with Crippen LogP contribution in [0.4, 0.5) is 0 Å². The number of carbonyl (C=O) groups excluding carboxylic acids is 1. The topological polar surface area (TPSA) is 40.1 Å². The van der Waals surface area contributed by atoms with Gasteiger partial charge in [0.2, 0.25) is 0 Å². The first-order chi connectivity index (χ1) is 6.16. The molecular formula is C9H5Cl2NaO2. The summed E-state index contributed by atoms with van der Waals surface area (Å²) in [5.41, 5.74) is 0.237. The maximum atomic E-state index is 11.2. The summed E-state index contributed by atoms with van der Waals surface area (Å²) in [6.07, 6.45) is 1.32. The maximum Gasteiger partial charge on any atom is 1.00 e. The Morgan fingerprint density at radius 2 is 2.00 bits per heavy atom. The number of ketones is 1. The van der Waals surface area contributed by atoms with Gasteiger partial charge in [-0.05, 0) is 18.2 Å². The van der Waals surface area contributed by atoms with E-state index in [1.807, 2.05) is 0 Å². The second-order valence-corrected chi connectivity index (χ2v) is 3.05. The standard InChI is InChI=1S/C9H6Cl2O2.Na/c10-7-3-1-2-6(9(7)11)8(13)4-5-12;/h1-5,12H;/q;+1/p-1/b5-4+;. The Hall–Kier alpha value is 0.0100. The van der Waals surface area contributed by atoms with E-state index in [0.29, 0.717) is 11.3 Å². The van der Waals surface area contributed by atoms with Gasteiger partial charge in [-0.25, -0.2) is 0 Å². The van der Waals surface area contributed by atoms with E-state index in [1.54, 1.807) is 12.1 Å². The normalized spacial score (nSPS) is 9.86. The summed E-state index contributed by atoms with van der Waals surface area (Å²) in [5.74, 6) is -0.442. The van der Waals surface area contributed by atoms with Crippen molar-refractivity contribution in [2.75, 3.05) is 0 Å². The molecule has 1 aromatic carbocycles. The van der Waals surface area contributed by atoms with Crippen molar-refractivity contribution in [1.82, 2.24) is 0 Å². The summed E-state index contributed by atoms with van der Waals surface area (Å²) in [5, 5.41) is 10.5. The van der Waals surface area contributed by atoms with Crippen LogP contribution >= 0.6 is 23.2 Å². The first-order valence-corrected chi connectivity index (χ1v) is 4.19. The molecule has 0 aliphatic heterocycles. The van der Waals surface area contributed by atoms with Crippen molar-refractivity contribution in [3.63, 3.8) is 0 Å². The summed E-state index contributed by atoms with van der Waals surface area (Å²) in [6, 6.07) is 4.68. The molecule has 0 radical (unpaired) electrons. The molecule has 0 aliphatic rings. The van der Waals surface area contributed by atoms with Crippen molar-refractivity contribution in [1.29, 1.82) is 0 Å². The zero-order valence-electron chi connectivity index (χ0n) is 7.46. The number of hydrogen-bond donors (Lipinski definition) is 0. The molecule has 5 heteroatoms. The molecule has 0 amide bonds. The van der Waals surface area contributed by atoms with Crippen LogP contribution in [0.2, 0.25) is 10.0 Å². The molecule has 2 nitrogen and oxygen atoms in total. The summed E-state index contributed by atoms with van der Waals surface area (Å²) >= 11 is 11.4. The molecule has 0 saturated heterocycles. The predicted octanol–water partition coefficient (Wildman–Crippen LogP) is -0.946. The third-order valence-corrected chi connectivity index (χ3v) is 2.26. The van der Waals surface area contributed by atoms with Gasteiger partial charge >= 0.3 is 29.6 Å². The van der Waals surface area contributed by atoms with Gasteiger partial charge < -0.3 is 5.11 Å². The van der Waals surface area contributed by atoms with Crippen LogP contribution in [0.3, 0.4) is 0 Å². The van der Waals surface area contributed by atoms with Crippen LogP contribution in [-0.2, 0) is 0 Å². The van der Waals surface area contributed by atoms with E-state index in [0.717, 1.165) is 6.08 Å². The first-order valence-electron chi connectivity index (χ1n) is 3.43. The van der Waals surface area contributed by atoms with Gasteiger partial charge in [-0.3, -0.25) is 4.79 Å². The molecule has 0 unspecified atom stereocenters. The van der Waals surface area contributed by atoms with Crippen LogP contribution < -0.4 is 34.7 Å². The first kappa shape index (κ1) is 14.0. The zero-order valence-corrected chi connectivity index (χ0v) is 11.0. The fourth-order valence-electron chi connectivity index (χ4n) is 0.846. The molecule has 1 aromatic rings. The van der Waals surface area contributed by atoms with E-state index >= 15 is 0 Å². The van der Waals surface area contributed by atoms with Gasteiger partial charge in [0.25, 0.3) is 0 Å². The third kappa shape index (κ3) is 3.30. The number of hydrogen-bond acceptors (Lipinski definition) is 2. The molecule has 0 aromatic heterocycles. The van der Waals surface area contributed by atoms with Gasteiger partial charge in [-0.15, -0.1) is 6.26 Å². The van der Waals surface area contributed by atoms with E-state index in [2.05, 4.69) is 0 Å². The minimum atomic E-state index is -0.442. The van der Waals surface area contributed by atoms with Crippen LogP contribution in [0.25, 0.3) is 0 Å². The number of allylic oxidation sites excluding steroid dienone is 1. The number of benzene rings is 1. The fraction of sp³-hybridized carbons (Fsp3) is 0. The second-order valence-electron chi connectivity index (χ2n) is 2.27. The van der Waals surface area contributed by atoms with Crippen LogP contribution in [0, 0.1) is 0 Å². The van der Waals surface area contributed by atoms with Crippen LogP contribution in [0.1, 0.15) is 10.4 Å². The van der Waals surface area contributed by atoms with Crippen molar-refractivity contribution in [3.05, 3.63) is 46.1 Å². The Labute approximate surface area is 114 Å². The van der Waals surface area contributed by atoms with E-state index < -0.39 is 5.78 Å². The smallest absolute Gasteiger partial charge is 0.878 e. The Kier molecular flexibility index (Phi) is 6.49. The molecule has 0 N–H and O–H groups in total. The molecule has 0 bridgehead atoms. The maximum absolute atomic E-state index is 11.2. The second kappa shape index (κ2) is 6.49. The fourth-order valence-corrected chi connectivity index (χ4v) is 1.24. The Balaban J connectivity index is 0.00000169. The molecule has 0 heterocycles. The van der Waals surface area contributed by atoms with Crippen molar-refractivity contribution < 1.29 is 39.5 Å². The van der Waals surface area contributed by atoms with Gasteiger partial charge in [0.05, 0.1) is 10.0 Å². The zero-order chi connectivity index (χ0) is 9.84. The number of halogens is 2. The van der Waals surface area contributed by atoms with Crippen molar-refractivity contribution in [3.8, 4) is 0 Å². The monoisotopic (exact) mass is 238 g/mol. The Morgan fingerprint density at radius 1 is 1.36 bits per heavy atom. The third-order valence-electron chi connectivity index (χ3n) is 1.44. The summed E-state index contributed by atoms with van der Waals surface area (Å²) in [4.78, 5) is 11.2. The van der Waals surface area contributed by atoms with Gasteiger partial charge in [0.15, 0.2) is 5.78 Å². The molecular weight excluding hydrogens is 234 g/mol. The Morgan fingerprint density at radius 3 is 2.57 bits per heavy atom. The molecule has 14 heavy (non-hydrogen) atoms. The molecule has 0 aliphatic carbocycles. The summed E-state index contributed by atoms with van der Waals surface area (Å²) in [6.45, 7) is 0. The Bertz CT molecular complexity index is 364. The minimum Gasteiger partial charge on any atom is -0.878 e. The molecule has 0 atom stereocenters. The average molecular weight is 239 g/mol.